The van der Waals surface area contributed by atoms with E-state index in [0.717, 1.165) is 22.9 Å². The van der Waals surface area contributed by atoms with Gasteiger partial charge in [0.1, 0.15) is 18.2 Å². The van der Waals surface area contributed by atoms with Crippen LogP contribution < -0.4 is 10.1 Å². The van der Waals surface area contributed by atoms with Gasteiger partial charge in [0.2, 0.25) is 0 Å². The molecule has 1 heterocycles. The molecule has 0 spiro atoms. The molecule has 27 heavy (non-hydrogen) atoms. The van der Waals surface area contributed by atoms with Crippen LogP contribution in [0.3, 0.4) is 0 Å². The Bertz CT molecular complexity index is 677. The molecule has 1 fully saturated rings. The fraction of sp³-hybridized carbons (Fsp3) is 0.478. The molecule has 0 saturated carbocycles. The first kappa shape index (κ1) is 19.7. The predicted molar refractivity (Wildman–Crippen MR) is 110 cm³/mol. The van der Waals surface area contributed by atoms with Gasteiger partial charge in [-0.15, -0.1) is 0 Å². The van der Waals surface area contributed by atoms with Crippen LogP contribution in [0.4, 0.5) is 10.1 Å². The van der Waals surface area contributed by atoms with Crippen LogP contribution in [0, 0.1) is 11.7 Å². The normalized spacial score (nSPS) is 15.9. The van der Waals surface area contributed by atoms with Gasteiger partial charge in [-0.2, -0.15) is 0 Å². The Morgan fingerprint density at radius 1 is 1.04 bits per heavy atom. The van der Waals surface area contributed by atoms with E-state index >= 15 is 0 Å². The number of anilines is 1. The summed E-state index contributed by atoms with van der Waals surface area (Å²) in [5.41, 5.74) is 2.10. The minimum atomic E-state index is -0.222. The SMILES string of the molecule is CC(C)CCN1CCC(Nc2ccc(OCc3ccc(F)cc3)cc2)CC1. The Morgan fingerprint density at radius 3 is 2.33 bits per heavy atom. The number of benzene rings is 2. The van der Waals surface area contributed by atoms with Crippen molar-refractivity contribution in [3.05, 3.63) is 59.9 Å². The lowest BCUT2D eigenvalue weighted by molar-refractivity contribution is 0.208. The molecule has 0 bridgehead atoms. The van der Waals surface area contributed by atoms with Crippen LogP contribution in [0.2, 0.25) is 0 Å². The number of hydrogen-bond donors (Lipinski definition) is 1. The monoisotopic (exact) mass is 370 g/mol. The van der Waals surface area contributed by atoms with Gasteiger partial charge in [0, 0.05) is 24.8 Å². The number of hydrogen-bond acceptors (Lipinski definition) is 3. The van der Waals surface area contributed by atoms with Crippen LogP contribution >= 0.6 is 0 Å². The molecule has 1 aliphatic rings. The largest absolute Gasteiger partial charge is 0.489 e. The van der Waals surface area contributed by atoms with Gasteiger partial charge in [0.25, 0.3) is 0 Å². The summed E-state index contributed by atoms with van der Waals surface area (Å²) in [5, 5.41) is 3.65. The molecule has 1 saturated heterocycles. The Labute approximate surface area is 162 Å². The number of nitrogens with zero attached hydrogens (tertiary/aromatic N) is 1. The van der Waals surface area contributed by atoms with E-state index in [1.54, 1.807) is 12.1 Å². The Balaban J connectivity index is 1.41. The number of ether oxygens (including phenoxy) is 1. The first-order chi connectivity index (χ1) is 13.1. The van der Waals surface area contributed by atoms with Crippen molar-refractivity contribution in [2.75, 3.05) is 25.0 Å². The first-order valence-electron chi connectivity index (χ1n) is 10.0. The summed E-state index contributed by atoms with van der Waals surface area (Å²) >= 11 is 0. The van der Waals surface area contributed by atoms with E-state index in [0.29, 0.717) is 12.6 Å². The molecule has 1 N–H and O–H groups in total. The summed E-state index contributed by atoms with van der Waals surface area (Å²) in [5.74, 6) is 1.39. The van der Waals surface area contributed by atoms with Crippen LogP contribution in [0.1, 0.15) is 38.7 Å². The van der Waals surface area contributed by atoms with Gasteiger partial charge in [0.15, 0.2) is 0 Å². The number of halogens is 1. The lowest BCUT2D eigenvalue weighted by atomic mass is 10.0. The smallest absolute Gasteiger partial charge is 0.123 e. The van der Waals surface area contributed by atoms with Crippen molar-refractivity contribution < 1.29 is 9.13 Å². The summed E-state index contributed by atoms with van der Waals surface area (Å²) in [4.78, 5) is 2.59. The van der Waals surface area contributed by atoms with E-state index in [1.807, 2.05) is 12.1 Å². The second-order valence-corrected chi connectivity index (χ2v) is 7.88. The van der Waals surface area contributed by atoms with Crippen molar-refractivity contribution in [3.63, 3.8) is 0 Å². The molecule has 3 nitrogen and oxygen atoms in total. The van der Waals surface area contributed by atoms with Crippen molar-refractivity contribution >= 4 is 5.69 Å². The zero-order valence-electron chi connectivity index (χ0n) is 16.5. The lowest BCUT2D eigenvalue weighted by Gasteiger charge is -2.33. The van der Waals surface area contributed by atoms with Crippen LogP contribution in [-0.4, -0.2) is 30.6 Å². The highest BCUT2D eigenvalue weighted by Crippen LogP contribution is 2.21. The molecule has 0 aliphatic carbocycles. The average Bonchev–Trinajstić information content (AvgIpc) is 2.68. The van der Waals surface area contributed by atoms with Gasteiger partial charge in [0.05, 0.1) is 0 Å². The van der Waals surface area contributed by atoms with Crippen molar-refractivity contribution in [3.8, 4) is 5.75 Å². The minimum absolute atomic E-state index is 0.222. The highest BCUT2D eigenvalue weighted by atomic mass is 19.1. The van der Waals surface area contributed by atoms with Crippen LogP contribution in [0.25, 0.3) is 0 Å². The summed E-state index contributed by atoms with van der Waals surface area (Å²) in [6, 6.07) is 15.1. The average molecular weight is 371 g/mol. The molecular weight excluding hydrogens is 339 g/mol. The molecule has 2 aromatic carbocycles. The van der Waals surface area contributed by atoms with E-state index in [4.69, 9.17) is 4.74 Å². The summed E-state index contributed by atoms with van der Waals surface area (Å²) in [7, 11) is 0. The highest BCUT2D eigenvalue weighted by Gasteiger charge is 2.18. The van der Waals surface area contributed by atoms with E-state index in [9.17, 15) is 4.39 Å². The fourth-order valence-corrected chi connectivity index (χ4v) is 3.37. The second-order valence-electron chi connectivity index (χ2n) is 7.88. The molecule has 0 atom stereocenters. The van der Waals surface area contributed by atoms with Gasteiger partial charge in [-0.1, -0.05) is 26.0 Å². The molecular formula is C23H31FN2O. The number of nitrogens with one attached hydrogen (secondary N) is 1. The Morgan fingerprint density at radius 2 is 1.70 bits per heavy atom. The first-order valence-corrected chi connectivity index (χ1v) is 10.0. The Hall–Kier alpha value is -2.07. The molecule has 0 amide bonds. The maximum atomic E-state index is 12.9. The van der Waals surface area contributed by atoms with E-state index < -0.39 is 0 Å². The number of rotatable bonds is 8. The third-order valence-electron chi connectivity index (χ3n) is 5.15. The van der Waals surface area contributed by atoms with Crippen LogP contribution in [0.5, 0.6) is 5.75 Å². The maximum absolute atomic E-state index is 12.9. The van der Waals surface area contributed by atoms with Gasteiger partial charge < -0.3 is 15.0 Å². The number of piperidine rings is 1. The summed E-state index contributed by atoms with van der Waals surface area (Å²) in [6.07, 6.45) is 3.68. The zero-order chi connectivity index (χ0) is 19.1. The predicted octanol–water partition coefficient (Wildman–Crippen LogP) is 5.33. The summed E-state index contributed by atoms with van der Waals surface area (Å²) < 4.78 is 18.7. The van der Waals surface area contributed by atoms with Gasteiger partial charge in [-0.3, -0.25) is 0 Å². The fourth-order valence-electron chi connectivity index (χ4n) is 3.37. The van der Waals surface area contributed by atoms with Gasteiger partial charge in [-0.25, -0.2) is 4.39 Å². The minimum Gasteiger partial charge on any atom is -0.489 e. The Kier molecular flexibility index (Phi) is 7.11. The van der Waals surface area contributed by atoms with E-state index in [2.05, 4.69) is 36.2 Å². The van der Waals surface area contributed by atoms with Crippen molar-refractivity contribution in [1.29, 1.82) is 0 Å². The summed E-state index contributed by atoms with van der Waals surface area (Å²) in [6.45, 7) is 8.63. The van der Waals surface area contributed by atoms with Crippen molar-refractivity contribution in [1.82, 2.24) is 4.90 Å². The lowest BCUT2D eigenvalue weighted by Crippen LogP contribution is -2.39. The topological polar surface area (TPSA) is 24.5 Å². The highest BCUT2D eigenvalue weighted by molar-refractivity contribution is 5.47. The van der Waals surface area contributed by atoms with E-state index in [1.165, 1.54) is 51.0 Å². The quantitative estimate of drug-likeness (QED) is 0.680. The second kappa shape index (κ2) is 9.75. The molecule has 3 rings (SSSR count). The zero-order valence-corrected chi connectivity index (χ0v) is 16.5. The van der Waals surface area contributed by atoms with Gasteiger partial charge in [-0.05, 0) is 73.7 Å². The molecule has 146 valence electrons. The van der Waals surface area contributed by atoms with Gasteiger partial charge >= 0.3 is 0 Å². The molecule has 1 aliphatic heterocycles. The van der Waals surface area contributed by atoms with Crippen LogP contribution in [0.15, 0.2) is 48.5 Å². The molecule has 2 aromatic rings. The standard InChI is InChI=1S/C23H31FN2O/c1-18(2)11-14-26-15-12-22(13-16-26)25-21-7-9-23(10-8-21)27-17-19-3-5-20(24)6-4-19/h3-10,18,22,25H,11-17H2,1-2H3. The van der Waals surface area contributed by atoms with Crippen LogP contribution in [-0.2, 0) is 6.61 Å². The molecule has 0 aromatic heterocycles. The molecule has 0 unspecified atom stereocenters. The molecule has 4 heteroatoms. The van der Waals surface area contributed by atoms with Crippen molar-refractivity contribution in [2.45, 2.75) is 45.8 Å². The molecule has 0 radical (unpaired) electrons. The third kappa shape index (κ3) is 6.55. The number of likely N-dealkylation sites (tertiary alicyclic amines) is 1. The van der Waals surface area contributed by atoms with Crippen molar-refractivity contribution in [2.24, 2.45) is 5.92 Å². The maximum Gasteiger partial charge on any atom is 0.123 e. The third-order valence-corrected chi connectivity index (χ3v) is 5.15. The van der Waals surface area contributed by atoms with E-state index in [-0.39, 0.29) is 5.82 Å².